The van der Waals surface area contributed by atoms with E-state index in [2.05, 4.69) is 22.3 Å². The van der Waals surface area contributed by atoms with E-state index < -0.39 is 0 Å². The molecule has 1 aromatic rings. The highest BCUT2D eigenvalue weighted by molar-refractivity contribution is 5.78. The molecule has 0 aromatic carbocycles. The van der Waals surface area contributed by atoms with E-state index in [0.717, 1.165) is 70.6 Å². The zero-order valence-electron chi connectivity index (χ0n) is 15.0. The molecule has 2 aliphatic heterocycles. The van der Waals surface area contributed by atoms with Gasteiger partial charge in [-0.25, -0.2) is 4.79 Å². The Morgan fingerprint density at radius 2 is 1.48 bits per heavy atom. The Balaban J connectivity index is 1.28. The molecule has 0 radical (unpaired) electrons. The first-order valence-corrected chi connectivity index (χ1v) is 9.66. The molecule has 0 unspecified atom stereocenters. The van der Waals surface area contributed by atoms with Gasteiger partial charge in [-0.2, -0.15) is 9.36 Å². The maximum Gasteiger partial charge on any atom is 0.364 e. The van der Waals surface area contributed by atoms with Crippen molar-refractivity contribution in [3.8, 4) is 0 Å². The topological polar surface area (TPSA) is 76.3 Å². The lowest BCUT2D eigenvalue weighted by atomic mass is 9.99. The molecular formula is C17H28N6O2. The zero-order valence-corrected chi connectivity index (χ0v) is 15.0. The second kappa shape index (κ2) is 6.90. The van der Waals surface area contributed by atoms with Gasteiger partial charge >= 0.3 is 5.69 Å². The average Bonchev–Trinajstić information content (AvgIpc) is 3.39. The van der Waals surface area contributed by atoms with Crippen molar-refractivity contribution in [3.05, 3.63) is 10.5 Å². The molecular weight excluding hydrogens is 320 g/mol. The van der Waals surface area contributed by atoms with Crippen molar-refractivity contribution in [2.75, 3.05) is 32.7 Å². The maximum atomic E-state index is 12.5. The predicted molar refractivity (Wildman–Crippen MR) is 92.2 cm³/mol. The molecule has 25 heavy (non-hydrogen) atoms. The second-order valence-electron chi connectivity index (χ2n) is 7.95. The Labute approximate surface area is 147 Å². The van der Waals surface area contributed by atoms with Gasteiger partial charge in [0, 0.05) is 26.2 Å². The minimum atomic E-state index is -0.0699. The van der Waals surface area contributed by atoms with Crippen LogP contribution in [0.1, 0.15) is 57.5 Å². The molecule has 4 rings (SSSR count). The monoisotopic (exact) mass is 348 g/mol. The van der Waals surface area contributed by atoms with Crippen molar-refractivity contribution in [2.24, 2.45) is 5.92 Å². The van der Waals surface area contributed by atoms with Crippen LogP contribution in [0, 0.1) is 5.92 Å². The standard InChI is InChI=1S/C17H28N6O2/c1-13-4-10-21(11-5-13)16(24)12-20-8-6-15(7-9-20)23-17(25)22(18-19-23)14-2-3-14/h13-15H,2-12H2,1H3. The first-order chi connectivity index (χ1) is 12.1. The molecule has 0 bridgehead atoms. The summed E-state index contributed by atoms with van der Waals surface area (Å²) in [5, 5.41) is 8.12. The Bertz CT molecular complexity index is 663. The molecule has 1 aliphatic carbocycles. The molecule has 3 fully saturated rings. The highest BCUT2D eigenvalue weighted by Crippen LogP contribution is 2.32. The number of rotatable bonds is 4. The van der Waals surface area contributed by atoms with Crippen LogP contribution in [0.4, 0.5) is 0 Å². The minimum absolute atomic E-state index is 0.0699. The molecule has 2 saturated heterocycles. The van der Waals surface area contributed by atoms with Crippen LogP contribution in [0.3, 0.4) is 0 Å². The van der Waals surface area contributed by atoms with Gasteiger partial charge in [-0.05, 0) is 54.9 Å². The van der Waals surface area contributed by atoms with E-state index in [1.54, 1.807) is 4.68 Å². The Hall–Kier alpha value is -1.70. The van der Waals surface area contributed by atoms with Crippen LogP contribution in [0.25, 0.3) is 0 Å². The van der Waals surface area contributed by atoms with Crippen LogP contribution in [0.5, 0.6) is 0 Å². The fourth-order valence-corrected chi connectivity index (χ4v) is 3.92. The second-order valence-corrected chi connectivity index (χ2v) is 7.95. The van der Waals surface area contributed by atoms with Gasteiger partial charge in [0.05, 0.1) is 18.6 Å². The van der Waals surface area contributed by atoms with Crippen molar-refractivity contribution in [3.63, 3.8) is 0 Å². The van der Waals surface area contributed by atoms with Crippen LogP contribution in [-0.2, 0) is 4.79 Å². The third-order valence-electron chi connectivity index (χ3n) is 5.92. The lowest BCUT2D eigenvalue weighted by Gasteiger charge is -2.34. The van der Waals surface area contributed by atoms with Crippen molar-refractivity contribution in [1.29, 1.82) is 0 Å². The summed E-state index contributed by atoms with van der Waals surface area (Å²) in [6.45, 7) is 6.23. The minimum Gasteiger partial charge on any atom is -0.342 e. The van der Waals surface area contributed by atoms with E-state index in [0.29, 0.717) is 6.54 Å². The number of carbonyl (C=O) groups excluding carboxylic acids is 1. The molecule has 3 aliphatic rings. The molecule has 0 spiro atoms. The summed E-state index contributed by atoms with van der Waals surface area (Å²) >= 11 is 0. The number of tetrazole rings is 1. The average molecular weight is 348 g/mol. The van der Waals surface area contributed by atoms with Crippen molar-refractivity contribution < 1.29 is 4.79 Å². The third kappa shape index (κ3) is 3.63. The lowest BCUT2D eigenvalue weighted by Crippen LogP contribution is -2.46. The quantitative estimate of drug-likeness (QED) is 0.799. The van der Waals surface area contributed by atoms with Gasteiger partial charge in [-0.1, -0.05) is 6.92 Å². The number of nitrogens with zero attached hydrogens (tertiary/aromatic N) is 6. The fourth-order valence-electron chi connectivity index (χ4n) is 3.92. The summed E-state index contributed by atoms with van der Waals surface area (Å²) in [4.78, 5) is 29.1. The molecule has 3 heterocycles. The lowest BCUT2D eigenvalue weighted by molar-refractivity contribution is -0.134. The summed E-state index contributed by atoms with van der Waals surface area (Å²) < 4.78 is 3.09. The molecule has 8 nitrogen and oxygen atoms in total. The summed E-state index contributed by atoms with van der Waals surface area (Å²) in [7, 11) is 0. The SMILES string of the molecule is CC1CCN(C(=O)CN2CCC(n3nnn(C4CC4)c3=O)CC2)CC1. The van der Waals surface area contributed by atoms with E-state index in [1.165, 1.54) is 4.68 Å². The van der Waals surface area contributed by atoms with Crippen LogP contribution >= 0.6 is 0 Å². The normalized spacial score (nSPS) is 24.0. The molecule has 8 heteroatoms. The number of hydrogen-bond donors (Lipinski definition) is 0. The molecule has 0 N–H and O–H groups in total. The Kier molecular flexibility index (Phi) is 4.62. The van der Waals surface area contributed by atoms with Gasteiger partial charge in [0.15, 0.2) is 0 Å². The fraction of sp³-hybridized carbons (Fsp3) is 0.882. The summed E-state index contributed by atoms with van der Waals surface area (Å²) in [6, 6.07) is 0.383. The zero-order chi connectivity index (χ0) is 17.4. The van der Waals surface area contributed by atoms with E-state index in [9.17, 15) is 9.59 Å². The van der Waals surface area contributed by atoms with Gasteiger partial charge in [0.1, 0.15) is 0 Å². The number of hydrogen-bond acceptors (Lipinski definition) is 5. The van der Waals surface area contributed by atoms with Crippen LogP contribution < -0.4 is 5.69 Å². The highest BCUT2D eigenvalue weighted by atomic mass is 16.2. The summed E-state index contributed by atoms with van der Waals surface area (Å²) in [6.07, 6.45) is 6.02. The van der Waals surface area contributed by atoms with Gasteiger partial charge < -0.3 is 4.90 Å². The first-order valence-electron chi connectivity index (χ1n) is 9.66. The van der Waals surface area contributed by atoms with E-state index in [1.807, 2.05) is 4.90 Å². The number of amides is 1. The van der Waals surface area contributed by atoms with Crippen LogP contribution in [0.2, 0.25) is 0 Å². The summed E-state index contributed by atoms with van der Waals surface area (Å²) in [5.74, 6) is 0.990. The Morgan fingerprint density at radius 3 is 2.04 bits per heavy atom. The largest absolute Gasteiger partial charge is 0.364 e. The van der Waals surface area contributed by atoms with Gasteiger partial charge in [0.2, 0.25) is 5.91 Å². The van der Waals surface area contributed by atoms with E-state index >= 15 is 0 Å². The summed E-state index contributed by atoms with van der Waals surface area (Å²) in [5.41, 5.74) is -0.0699. The Morgan fingerprint density at radius 1 is 0.920 bits per heavy atom. The molecule has 138 valence electrons. The van der Waals surface area contributed by atoms with Crippen molar-refractivity contribution >= 4 is 5.91 Å². The first kappa shape index (κ1) is 16.8. The van der Waals surface area contributed by atoms with E-state index in [-0.39, 0.29) is 23.7 Å². The third-order valence-corrected chi connectivity index (χ3v) is 5.92. The van der Waals surface area contributed by atoms with Crippen molar-refractivity contribution in [2.45, 2.75) is 57.5 Å². The van der Waals surface area contributed by atoms with Gasteiger partial charge in [-0.15, -0.1) is 0 Å². The van der Waals surface area contributed by atoms with Gasteiger partial charge in [0.25, 0.3) is 0 Å². The number of carbonyl (C=O) groups is 1. The molecule has 1 aromatic heterocycles. The smallest absolute Gasteiger partial charge is 0.342 e. The molecule has 0 atom stereocenters. The number of likely N-dealkylation sites (tertiary alicyclic amines) is 2. The molecule has 1 saturated carbocycles. The highest BCUT2D eigenvalue weighted by Gasteiger charge is 2.31. The van der Waals surface area contributed by atoms with Crippen LogP contribution in [0.15, 0.2) is 4.79 Å². The predicted octanol–water partition coefficient (Wildman–Crippen LogP) is 0.670. The number of aromatic nitrogens is 4. The number of piperidine rings is 2. The van der Waals surface area contributed by atoms with Crippen molar-refractivity contribution in [1.82, 2.24) is 29.6 Å². The molecule has 1 amide bonds. The maximum absolute atomic E-state index is 12.5. The van der Waals surface area contributed by atoms with Gasteiger partial charge in [-0.3, -0.25) is 9.69 Å². The van der Waals surface area contributed by atoms with E-state index in [4.69, 9.17) is 0 Å². The van der Waals surface area contributed by atoms with Crippen LogP contribution in [-0.4, -0.2) is 68.2 Å².